The molecule has 0 aliphatic heterocycles. The minimum atomic E-state index is -0.227. The molecule has 0 aliphatic carbocycles. The molecule has 1 N–H and O–H groups in total. The van der Waals surface area contributed by atoms with Crippen LogP contribution in [-0.2, 0) is 16.1 Å². The van der Waals surface area contributed by atoms with Gasteiger partial charge in [0.2, 0.25) is 11.8 Å². The van der Waals surface area contributed by atoms with E-state index in [1.807, 2.05) is 51.1 Å². The lowest BCUT2D eigenvalue weighted by Crippen LogP contribution is -2.40. The number of carbonyl (C=O) groups excluding carboxylic acids is 2. The molecule has 0 saturated heterocycles. The summed E-state index contributed by atoms with van der Waals surface area (Å²) in [5.41, 5.74) is 4.73. The van der Waals surface area contributed by atoms with Crippen molar-refractivity contribution in [3.8, 4) is 0 Å². The number of amides is 2. The topological polar surface area (TPSA) is 49.4 Å². The molecule has 0 aromatic heterocycles. The van der Waals surface area contributed by atoms with Crippen molar-refractivity contribution in [2.45, 2.75) is 34.2 Å². The maximum Gasteiger partial charge on any atom is 0.240 e. The second-order valence-electron chi connectivity index (χ2n) is 6.22. The average Bonchev–Trinajstić information content (AvgIpc) is 2.52. The minimum Gasteiger partial charge on any atom is -0.350 e. The highest BCUT2D eigenvalue weighted by Gasteiger charge is 2.19. The summed E-state index contributed by atoms with van der Waals surface area (Å²) in [6, 6.07) is 11.4. The summed E-state index contributed by atoms with van der Waals surface area (Å²) < 4.78 is 0. The first-order chi connectivity index (χ1) is 11.8. The van der Waals surface area contributed by atoms with Gasteiger partial charge in [-0.2, -0.15) is 0 Å². The van der Waals surface area contributed by atoms with Gasteiger partial charge in [0.1, 0.15) is 6.54 Å². The van der Waals surface area contributed by atoms with Gasteiger partial charge in [-0.3, -0.25) is 9.59 Å². The van der Waals surface area contributed by atoms with Gasteiger partial charge in [-0.15, -0.1) is 0 Å². The molecule has 0 aliphatic rings. The molecule has 0 unspecified atom stereocenters. The van der Waals surface area contributed by atoms with Crippen LogP contribution >= 0.6 is 11.6 Å². The first-order valence-electron chi connectivity index (χ1n) is 8.15. The Hall–Kier alpha value is -2.33. The predicted molar refractivity (Wildman–Crippen MR) is 102 cm³/mol. The molecule has 25 heavy (non-hydrogen) atoms. The van der Waals surface area contributed by atoms with Gasteiger partial charge in [-0.05, 0) is 43.5 Å². The van der Waals surface area contributed by atoms with Crippen LogP contribution in [0.5, 0.6) is 0 Å². The van der Waals surface area contributed by atoms with Gasteiger partial charge >= 0.3 is 0 Å². The van der Waals surface area contributed by atoms with Crippen molar-refractivity contribution in [3.63, 3.8) is 0 Å². The van der Waals surface area contributed by atoms with Gasteiger partial charge in [0.25, 0.3) is 0 Å². The lowest BCUT2D eigenvalue weighted by Gasteiger charge is -2.25. The monoisotopic (exact) mass is 358 g/mol. The fourth-order valence-electron chi connectivity index (χ4n) is 2.98. The highest BCUT2D eigenvalue weighted by molar-refractivity contribution is 6.31. The molecule has 132 valence electrons. The van der Waals surface area contributed by atoms with Crippen molar-refractivity contribution in [3.05, 3.63) is 63.7 Å². The van der Waals surface area contributed by atoms with Gasteiger partial charge in [0.15, 0.2) is 0 Å². The number of nitrogens with zero attached hydrogens (tertiary/aromatic N) is 1. The normalized spacial score (nSPS) is 10.4. The molecular weight excluding hydrogens is 336 g/mol. The number of benzene rings is 2. The zero-order valence-electron chi connectivity index (χ0n) is 15.0. The lowest BCUT2D eigenvalue weighted by atomic mass is 10.0. The largest absolute Gasteiger partial charge is 0.350 e. The first-order valence-corrected chi connectivity index (χ1v) is 8.53. The Morgan fingerprint density at radius 3 is 2.24 bits per heavy atom. The third-order valence-corrected chi connectivity index (χ3v) is 4.39. The van der Waals surface area contributed by atoms with Crippen molar-refractivity contribution in [1.82, 2.24) is 5.32 Å². The van der Waals surface area contributed by atoms with Crippen LogP contribution in [0.4, 0.5) is 5.69 Å². The minimum absolute atomic E-state index is 0.0233. The van der Waals surface area contributed by atoms with E-state index in [2.05, 4.69) is 5.32 Å². The van der Waals surface area contributed by atoms with E-state index < -0.39 is 0 Å². The molecule has 0 atom stereocenters. The molecule has 2 aromatic rings. The van der Waals surface area contributed by atoms with Crippen LogP contribution in [0.3, 0.4) is 0 Å². The zero-order chi connectivity index (χ0) is 18.6. The van der Waals surface area contributed by atoms with E-state index in [-0.39, 0.29) is 18.4 Å². The number of rotatable bonds is 5. The Balaban J connectivity index is 2.13. The molecular formula is C20H23ClN2O2. The van der Waals surface area contributed by atoms with Crippen LogP contribution in [0.15, 0.2) is 36.4 Å². The molecule has 0 radical (unpaired) electrons. The lowest BCUT2D eigenvalue weighted by molar-refractivity contribution is -0.123. The van der Waals surface area contributed by atoms with E-state index in [9.17, 15) is 9.59 Å². The van der Waals surface area contributed by atoms with E-state index in [0.717, 1.165) is 27.9 Å². The Bertz CT molecular complexity index is 779. The quantitative estimate of drug-likeness (QED) is 0.880. The molecule has 0 fully saturated rings. The number of carbonyl (C=O) groups is 2. The third kappa shape index (κ3) is 4.83. The molecule has 0 saturated carbocycles. The van der Waals surface area contributed by atoms with Crippen molar-refractivity contribution in [1.29, 1.82) is 0 Å². The van der Waals surface area contributed by atoms with Gasteiger partial charge in [-0.1, -0.05) is 47.5 Å². The molecule has 5 heteroatoms. The molecule has 4 nitrogen and oxygen atoms in total. The van der Waals surface area contributed by atoms with Crippen molar-refractivity contribution < 1.29 is 9.59 Å². The van der Waals surface area contributed by atoms with E-state index in [1.54, 1.807) is 6.07 Å². The van der Waals surface area contributed by atoms with Crippen LogP contribution in [0.1, 0.15) is 29.2 Å². The molecule has 0 spiro atoms. The van der Waals surface area contributed by atoms with Gasteiger partial charge in [0.05, 0.1) is 5.69 Å². The summed E-state index contributed by atoms with van der Waals surface area (Å²) in [5, 5.41) is 3.44. The first kappa shape index (κ1) is 19.0. The molecule has 0 heterocycles. The second-order valence-corrected chi connectivity index (χ2v) is 6.63. The fraction of sp³-hybridized carbons (Fsp3) is 0.300. The number of aryl methyl sites for hydroxylation is 3. The Morgan fingerprint density at radius 2 is 1.68 bits per heavy atom. The van der Waals surface area contributed by atoms with Crippen LogP contribution in [0.25, 0.3) is 0 Å². The number of halogens is 1. The van der Waals surface area contributed by atoms with E-state index in [4.69, 9.17) is 11.6 Å². The molecule has 2 aromatic carbocycles. The Labute approximate surface area is 153 Å². The highest BCUT2D eigenvalue weighted by atomic mass is 35.5. The summed E-state index contributed by atoms with van der Waals surface area (Å²) in [6.45, 7) is 7.69. The number of nitrogens with one attached hydrogen (secondary N) is 1. The summed E-state index contributed by atoms with van der Waals surface area (Å²) >= 11 is 6.10. The maximum absolute atomic E-state index is 12.4. The molecule has 2 rings (SSSR count). The summed E-state index contributed by atoms with van der Waals surface area (Å²) in [5.74, 6) is -0.391. The smallest absolute Gasteiger partial charge is 0.240 e. The van der Waals surface area contributed by atoms with E-state index in [0.29, 0.717) is 11.6 Å². The Kier molecular flexibility index (Phi) is 6.21. The Morgan fingerprint density at radius 1 is 1.08 bits per heavy atom. The van der Waals surface area contributed by atoms with Crippen molar-refractivity contribution >= 4 is 29.1 Å². The molecule has 2 amide bonds. The fourth-order valence-corrected chi connectivity index (χ4v) is 3.18. The van der Waals surface area contributed by atoms with Crippen LogP contribution in [0, 0.1) is 20.8 Å². The van der Waals surface area contributed by atoms with Crippen molar-refractivity contribution in [2.24, 2.45) is 0 Å². The van der Waals surface area contributed by atoms with Crippen LogP contribution < -0.4 is 10.2 Å². The number of hydrogen-bond acceptors (Lipinski definition) is 2. The third-order valence-electron chi connectivity index (χ3n) is 4.02. The highest BCUT2D eigenvalue weighted by Crippen LogP contribution is 2.26. The standard InChI is InChI=1S/C20H23ClN2O2/c1-13-9-14(2)20(15(3)10-13)23(16(4)24)12-19(25)22-11-17-7-5-6-8-18(17)21/h5-10H,11-12H2,1-4H3,(H,22,25). The van der Waals surface area contributed by atoms with Gasteiger partial charge in [-0.25, -0.2) is 0 Å². The molecule has 0 bridgehead atoms. The van der Waals surface area contributed by atoms with Gasteiger partial charge < -0.3 is 10.2 Å². The SMILES string of the molecule is CC(=O)N(CC(=O)NCc1ccccc1Cl)c1c(C)cc(C)cc1C. The summed E-state index contributed by atoms with van der Waals surface area (Å²) in [7, 11) is 0. The van der Waals surface area contributed by atoms with E-state index in [1.165, 1.54) is 11.8 Å². The van der Waals surface area contributed by atoms with Crippen LogP contribution in [-0.4, -0.2) is 18.4 Å². The average molecular weight is 359 g/mol. The van der Waals surface area contributed by atoms with Crippen LogP contribution in [0.2, 0.25) is 5.02 Å². The zero-order valence-corrected chi connectivity index (χ0v) is 15.8. The maximum atomic E-state index is 12.4. The summed E-state index contributed by atoms with van der Waals surface area (Å²) in [6.07, 6.45) is 0. The number of anilines is 1. The van der Waals surface area contributed by atoms with Gasteiger partial charge in [0, 0.05) is 18.5 Å². The van der Waals surface area contributed by atoms with Crippen molar-refractivity contribution in [2.75, 3.05) is 11.4 Å². The summed E-state index contributed by atoms with van der Waals surface area (Å²) in [4.78, 5) is 26.0. The predicted octanol–water partition coefficient (Wildman–Crippen LogP) is 3.93. The van der Waals surface area contributed by atoms with E-state index >= 15 is 0 Å². The second kappa shape index (κ2) is 8.17. The number of hydrogen-bond donors (Lipinski definition) is 1.